The Hall–Kier alpha value is -0.930. The average molecular weight is 278 g/mol. The zero-order valence-electron chi connectivity index (χ0n) is 12.7. The first-order chi connectivity index (χ1) is 9.70. The molecule has 1 unspecified atom stereocenters. The molecule has 0 aromatic heterocycles. The number of nitrogens with one attached hydrogen (secondary N) is 1. The molecule has 0 spiro atoms. The molecule has 20 heavy (non-hydrogen) atoms. The predicted molar refractivity (Wildman–Crippen MR) is 82.3 cm³/mol. The Morgan fingerprint density at radius 3 is 2.65 bits per heavy atom. The molecule has 1 aromatic rings. The minimum atomic E-state index is -0.104. The molecule has 0 radical (unpaired) electrons. The predicted octanol–water partition coefficient (Wildman–Crippen LogP) is 3.74. The number of rotatable bonds is 6. The summed E-state index contributed by atoms with van der Waals surface area (Å²) in [7, 11) is 0. The lowest BCUT2D eigenvalue weighted by Gasteiger charge is -2.34. The first-order valence-electron chi connectivity index (χ1n) is 7.93. The molecule has 1 saturated heterocycles. The summed E-state index contributed by atoms with van der Waals surface area (Å²) < 4.78 is 13.7. The van der Waals surface area contributed by atoms with Crippen LogP contribution in [0, 0.1) is 5.82 Å². The van der Waals surface area contributed by atoms with Gasteiger partial charge in [0, 0.05) is 17.6 Å². The van der Waals surface area contributed by atoms with E-state index in [0.29, 0.717) is 6.04 Å². The van der Waals surface area contributed by atoms with E-state index in [4.69, 9.17) is 0 Å². The van der Waals surface area contributed by atoms with Crippen LogP contribution in [-0.4, -0.2) is 30.6 Å². The molecule has 0 saturated carbocycles. The van der Waals surface area contributed by atoms with Gasteiger partial charge in [0.25, 0.3) is 0 Å². The van der Waals surface area contributed by atoms with E-state index in [9.17, 15) is 4.39 Å². The third-order valence-corrected chi connectivity index (χ3v) is 4.27. The third-order valence-electron chi connectivity index (χ3n) is 4.27. The van der Waals surface area contributed by atoms with Crippen LogP contribution in [0.2, 0.25) is 0 Å². The molecule has 1 fully saturated rings. The van der Waals surface area contributed by atoms with Crippen molar-refractivity contribution in [1.82, 2.24) is 10.2 Å². The van der Waals surface area contributed by atoms with Gasteiger partial charge in [-0.1, -0.05) is 31.5 Å². The van der Waals surface area contributed by atoms with Crippen LogP contribution < -0.4 is 5.32 Å². The Balaban J connectivity index is 1.79. The van der Waals surface area contributed by atoms with Crippen LogP contribution >= 0.6 is 0 Å². The van der Waals surface area contributed by atoms with Crippen molar-refractivity contribution in [3.05, 3.63) is 35.6 Å². The van der Waals surface area contributed by atoms with Crippen LogP contribution in [-0.2, 0) is 0 Å². The smallest absolute Gasteiger partial charge is 0.127 e. The lowest BCUT2D eigenvalue weighted by molar-refractivity contribution is 0.189. The van der Waals surface area contributed by atoms with Gasteiger partial charge in [-0.05, 0) is 51.9 Å². The molecule has 0 bridgehead atoms. The lowest BCUT2D eigenvalue weighted by atomic mass is 10.0. The average Bonchev–Trinajstić information content (AvgIpc) is 2.47. The van der Waals surface area contributed by atoms with Crippen molar-refractivity contribution in [2.45, 2.75) is 51.6 Å². The van der Waals surface area contributed by atoms with Gasteiger partial charge in [0.2, 0.25) is 0 Å². The summed E-state index contributed by atoms with van der Waals surface area (Å²) in [4.78, 5) is 2.55. The molecule has 1 aliphatic rings. The van der Waals surface area contributed by atoms with Crippen LogP contribution in [0.3, 0.4) is 0 Å². The van der Waals surface area contributed by atoms with E-state index in [1.54, 1.807) is 12.1 Å². The summed E-state index contributed by atoms with van der Waals surface area (Å²) in [6.45, 7) is 7.86. The molecule has 2 rings (SSSR count). The van der Waals surface area contributed by atoms with Crippen LogP contribution in [0.4, 0.5) is 4.39 Å². The van der Waals surface area contributed by atoms with Gasteiger partial charge in [-0.3, -0.25) is 0 Å². The molecule has 0 aliphatic carbocycles. The van der Waals surface area contributed by atoms with Gasteiger partial charge >= 0.3 is 0 Å². The topological polar surface area (TPSA) is 15.3 Å². The van der Waals surface area contributed by atoms with Crippen molar-refractivity contribution in [2.24, 2.45) is 0 Å². The Labute approximate surface area is 122 Å². The van der Waals surface area contributed by atoms with Gasteiger partial charge in [0.05, 0.1) is 0 Å². The van der Waals surface area contributed by atoms with Crippen molar-refractivity contribution >= 4 is 0 Å². The molecule has 1 aliphatic heterocycles. The molecular formula is C17H27FN2. The fraction of sp³-hybridized carbons (Fsp3) is 0.647. The fourth-order valence-corrected chi connectivity index (χ4v) is 2.97. The minimum Gasteiger partial charge on any atom is -0.307 e. The van der Waals surface area contributed by atoms with Gasteiger partial charge in [-0.2, -0.15) is 0 Å². The largest absolute Gasteiger partial charge is 0.307 e. The van der Waals surface area contributed by atoms with Crippen LogP contribution in [0.5, 0.6) is 0 Å². The van der Waals surface area contributed by atoms with E-state index >= 15 is 0 Å². The number of hydrogen-bond donors (Lipinski definition) is 1. The fourth-order valence-electron chi connectivity index (χ4n) is 2.97. The van der Waals surface area contributed by atoms with E-state index in [1.165, 1.54) is 45.3 Å². The summed E-state index contributed by atoms with van der Waals surface area (Å²) in [6, 6.07) is 7.68. The highest BCUT2D eigenvalue weighted by Crippen LogP contribution is 2.19. The van der Waals surface area contributed by atoms with Gasteiger partial charge in [-0.15, -0.1) is 0 Å². The second kappa shape index (κ2) is 7.75. The number of nitrogens with zero attached hydrogens (tertiary/aromatic N) is 1. The van der Waals surface area contributed by atoms with Crippen LogP contribution in [0.15, 0.2) is 24.3 Å². The van der Waals surface area contributed by atoms with Gasteiger partial charge in [0.15, 0.2) is 0 Å². The monoisotopic (exact) mass is 278 g/mol. The number of halogens is 1. The van der Waals surface area contributed by atoms with Gasteiger partial charge in [-0.25, -0.2) is 4.39 Å². The molecule has 3 heteroatoms. The highest BCUT2D eigenvalue weighted by Gasteiger charge is 2.21. The van der Waals surface area contributed by atoms with E-state index in [-0.39, 0.29) is 11.9 Å². The quantitative estimate of drug-likeness (QED) is 0.852. The maximum Gasteiger partial charge on any atom is 0.127 e. The first-order valence-corrected chi connectivity index (χ1v) is 7.93. The van der Waals surface area contributed by atoms with Crippen molar-refractivity contribution in [3.63, 3.8) is 0 Å². The van der Waals surface area contributed by atoms with Gasteiger partial charge in [0.1, 0.15) is 5.82 Å². The molecule has 1 atom stereocenters. The number of likely N-dealkylation sites (tertiary alicyclic amines) is 1. The standard InChI is InChI=1S/C17H27FN2/c1-3-4-11-20-12-9-15(10-13-20)19-14(2)16-7-5-6-8-17(16)18/h5-8,14-15,19H,3-4,9-13H2,1-2H3. The number of piperidine rings is 1. The van der Waals surface area contributed by atoms with E-state index in [1.807, 2.05) is 12.1 Å². The number of benzene rings is 1. The maximum atomic E-state index is 13.7. The summed E-state index contributed by atoms with van der Waals surface area (Å²) in [6.07, 6.45) is 4.90. The highest BCUT2D eigenvalue weighted by atomic mass is 19.1. The van der Waals surface area contributed by atoms with E-state index < -0.39 is 0 Å². The molecule has 2 nitrogen and oxygen atoms in total. The Morgan fingerprint density at radius 1 is 1.30 bits per heavy atom. The van der Waals surface area contributed by atoms with Crippen LogP contribution in [0.1, 0.15) is 51.1 Å². The molecule has 112 valence electrons. The number of unbranched alkanes of at least 4 members (excludes halogenated alkanes) is 1. The Morgan fingerprint density at radius 2 is 2.00 bits per heavy atom. The number of hydrogen-bond acceptors (Lipinski definition) is 2. The molecule has 1 aromatic carbocycles. The normalized spacial score (nSPS) is 19.1. The van der Waals surface area contributed by atoms with Crippen molar-refractivity contribution in [2.75, 3.05) is 19.6 Å². The molecular weight excluding hydrogens is 251 g/mol. The van der Waals surface area contributed by atoms with Crippen molar-refractivity contribution in [1.29, 1.82) is 0 Å². The summed E-state index contributed by atoms with van der Waals surface area (Å²) in [5.41, 5.74) is 0.779. The first kappa shape index (κ1) is 15.5. The molecule has 1 heterocycles. The maximum absolute atomic E-state index is 13.7. The van der Waals surface area contributed by atoms with Crippen molar-refractivity contribution < 1.29 is 4.39 Å². The van der Waals surface area contributed by atoms with Gasteiger partial charge < -0.3 is 10.2 Å². The SMILES string of the molecule is CCCCN1CCC(NC(C)c2ccccc2F)CC1. The van der Waals surface area contributed by atoms with E-state index in [0.717, 1.165) is 5.56 Å². The van der Waals surface area contributed by atoms with Crippen molar-refractivity contribution in [3.8, 4) is 0 Å². The summed E-state index contributed by atoms with van der Waals surface area (Å²) >= 11 is 0. The molecule has 0 amide bonds. The second-order valence-electron chi connectivity index (χ2n) is 5.88. The molecule has 1 N–H and O–H groups in total. The lowest BCUT2D eigenvalue weighted by Crippen LogP contribution is -2.43. The zero-order chi connectivity index (χ0) is 14.4. The zero-order valence-corrected chi connectivity index (χ0v) is 12.7. The van der Waals surface area contributed by atoms with E-state index in [2.05, 4.69) is 24.1 Å². The Bertz CT molecular complexity index is 400. The minimum absolute atomic E-state index is 0.0865. The highest BCUT2D eigenvalue weighted by molar-refractivity contribution is 5.20. The second-order valence-corrected chi connectivity index (χ2v) is 5.88. The third kappa shape index (κ3) is 4.29. The summed E-state index contributed by atoms with van der Waals surface area (Å²) in [5, 5.41) is 3.59. The Kier molecular flexibility index (Phi) is 5.99. The van der Waals surface area contributed by atoms with Crippen LogP contribution in [0.25, 0.3) is 0 Å². The summed E-state index contributed by atoms with van der Waals surface area (Å²) in [5.74, 6) is -0.104.